The molecule has 2 unspecified atom stereocenters. The van der Waals surface area contributed by atoms with E-state index in [1.807, 2.05) is 21.0 Å². The molecule has 0 radical (unpaired) electrons. The predicted molar refractivity (Wildman–Crippen MR) is 98.9 cm³/mol. The molecule has 1 aliphatic rings. The zero-order valence-electron chi connectivity index (χ0n) is 16.0. The second kappa shape index (κ2) is 10.1. The number of alkyl halides is 2. The van der Waals surface area contributed by atoms with E-state index >= 15 is 0 Å². The van der Waals surface area contributed by atoms with Gasteiger partial charge in [0, 0.05) is 32.7 Å². The highest BCUT2D eigenvalue weighted by Gasteiger charge is 2.37. The van der Waals surface area contributed by atoms with Crippen LogP contribution in [-0.4, -0.2) is 57.3 Å². The van der Waals surface area contributed by atoms with Gasteiger partial charge in [-0.2, -0.15) is 0 Å². The third-order valence-electron chi connectivity index (χ3n) is 4.54. The van der Waals surface area contributed by atoms with Crippen molar-refractivity contribution in [3.05, 3.63) is 12.8 Å². The normalized spacial score (nSPS) is 25.5. The van der Waals surface area contributed by atoms with Crippen molar-refractivity contribution in [1.29, 1.82) is 0 Å². The van der Waals surface area contributed by atoms with E-state index in [1.165, 1.54) is 6.20 Å². The first kappa shape index (κ1) is 21.9. The lowest BCUT2D eigenvalue weighted by atomic mass is 9.74. The Kier molecular flexibility index (Phi) is 8.86. The third kappa shape index (κ3) is 7.73. The predicted octanol–water partition coefficient (Wildman–Crippen LogP) is 3.25. The van der Waals surface area contributed by atoms with Crippen LogP contribution in [0.25, 0.3) is 0 Å². The molecule has 1 fully saturated rings. The maximum Gasteiger partial charge on any atom is 0.457 e. The zero-order chi connectivity index (χ0) is 19.0. The van der Waals surface area contributed by atoms with Crippen LogP contribution in [0.1, 0.15) is 33.6 Å². The Hall–Kier alpha value is -1.15. The van der Waals surface area contributed by atoms with Gasteiger partial charge in [0.25, 0.3) is 0 Å². The van der Waals surface area contributed by atoms with Gasteiger partial charge in [-0.3, -0.25) is 0 Å². The summed E-state index contributed by atoms with van der Waals surface area (Å²) in [6.07, 6.45) is 1.77. The largest absolute Gasteiger partial charge is 0.457 e. The van der Waals surface area contributed by atoms with Gasteiger partial charge < -0.3 is 19.5 Å². The van der Waals surface area contributed by atoms with Gasteiger partial charge in [-0.25, -0.2) is 13.8 Å². The molecular formula is C17H32BF2N3O2. The summed E-state index contributed by atoms with van der Waals surface area (Å²) >= 11 is 0. The Balaban J connectivity index is 2.81. The van der Waals surface area contributed by atoms with Crippen LogP contribution in [0.2, 0.25) is 6.32 Å². The average Bonchev–Trinajstić information content (AvgIpc) is 2.66. The van der Waals surface area contributed by atoms with Gasteiger partial charge in [-0.15, -0.1) is 0 Å². The maximum absolute atomic E-state index is 13.7. The van der Waals surface area contributed by atoms with Crippen molar-refractivity contribution >= 4 is 13.5 Å². The van der Waals surface area contributed by atoms with Crippen LogP contribution >= 0.6 is 0 Å². The van der Waals surface area contributed by atoms with Crippen LogP contribution in [0.4, 0.5) is 8.78 Å². The summed E-state index contributed by atoms with van der Waals surface area (Å²) in [6, 6.07) is 0. The van der Waals surface area contributed by atoms with Crippen LogP contribution in [0.3, 0.4) is 0 Å². The first-order valence-electron chi connectivity index (χ1n) is 8.82. The Morgan fingerprint density at radius 3 is 2.68 bits per heavy atom. The fourth-order valence-electron chi connectivity index (χ4n) is 2.80. The van der Waals surface area contributed by atoms with E-state index < -0.39 is 25.1 Å². The van der Waals surface area contributed by atoms with E-state index in [-0.39, 0.29) is 18.8 Å². The van der Waals surface area contributed by atoms with Gasteiger partial charge in [0.15, 0.2) is 0 Å². The summed E-state index contributed by atoms with van der Waals surface area (Å²) in [6.45, 7) is 10.0. The quantitative estimate of drug-likeness (QED) is 0.390. The van der Waals surface area contributed by atoms with Crippen molar-refractivity contribution in [2.24, 2.45) is 16.8 Å². The molecule has 0 bridgehead atoms. The van der Waals surface area contributed by atoms with E-state index in [0.717, 1.165) is 6.42 Å². The third-order valence-corrected chi connectivity index (χ3v) is 4.54. The molecule has 0 aliphatic carbocycles. The molecule has 1 aliphatic heterocycles. The van der Waals surface area contributed by atoms with Crippen LogP contribution in [0.5, 0.6) is 0 Å². The van der Waals surface area contributed by atoms with Crippen molar-refractivity contribution in [3.8, 4) is 0 Å². The molecule has 0 spiro atoms. The number of hydrogen-bond acceptors (Lipinski definition) is 4. The number of hydrogen-bond donors (Lipinski definition) is 1. The van der Waals surface area contributed by atoms with Crippen LogP contribution in [0.15, 0.2) is 17.8 Å². The lowest BCUT2D eigenvalue weighted by Crippen LogP contribution is -2.42. The Bertz CT molecular complexity index is 440. The highest BCUT2D eigenvalue weighted by Crippen LogP contribution is 2.30. The summed E-state index contributed by atoms with van der Waals surface area (Å²) in [4.78, 5) is 6.17. The molecule has 25 heavy (non-hydrogen) atoms. The fourth-order valence-corrected chi connectivity index (χ4v) is 2.80. The molecule has 1 saturated heterocycles. The minimum atomic E-state index is -2.48. The average molecular weight is 359 g/mol. The number of nitrogens with one attached hydrogen (secondary N) is 1. The molecular weight excluding hydrogens is 327 g/mol. The topological polar surface area (TPSA) is 46.1 Å². The van der Waals surface area contributed by atoms with Crippen LogP contribution in [-0.2, 0) is 9.31 Å². The minimum absolute atomic E-state index is 0.00438. The monoisotopic (exact) mass is 359 g/mol. The van der Waals surface area contributed by atoms with Crippen molar-refractivity contribution in [3.63, 3.8) is 0 Å². The second-order valence-corrected chi connectivity index (χ2v) is 7.27. The van der Waals surface area contributed by atoms with Crippen LogP contribution in [0, 0.1) is 11.8 Å². The van der Waals surface area contributed by atoms with E-state index in [1.54, 1.807) is 18.2 Å². The molecule has 1 rings (SSSR count). The molecule has 0 aromatic rings. The molecule has 1 N–H and O–H groups in total. The second-order valence-electron chi connectivity index (χ2n) is 7.27. The fraction of sp³-hybridized carbons (Fsp3) is 0.824. The highest BCUT2D eigenvalue weighted by molar-refractivity contribution is 6.44. The van der Waals surface area contributed by atoms with E-state index in [4.69, 9.17) is 9.31 Å². The molecule has 0 saturated carbocycles. The van der Waals surface area contributed by atoms with E-state index in [2.05, 4.69) is 23.8 Å². The van der Waals surface area contributed by atoms with Crippen molar-refractivity contribution in [2.75, 3.05) is 20.7 Å². The van der Waals surface area contributed by atoms with E-state index in [9.17, 15) is 8.78 Å². The summed E-state index contributed by atoms with van der Waals surface area (Å²) in [7, 11) is 3.06. The van der Waals surface area contributed by atoms with Gasteiger partial charge in [-0.1, -0.05) is 13.5 Å². The van der Waals surface area contributed by atoms with Crippen molar-refractivity contribution < 1.29 is 18.1 Å². The molecule has 0 aromatic carbocycles. The molecule has 8 heteroatoms. The van der Waals surface area contributed by atoms with Crippen molar-refractivity contribution in [1.82, 2.24) is 10.2 Å². The first-order valence-corrected chi connectivity index (χ1v) is 8.82. The molecule has 1 heterocycles. The van der Waals surface area contributed by atoms with Gasteiger partial charge in [-0.05, 0) is 45.1 Å². The van der Waals surface area contributed by atoms with Gasteiger partial charge in [0.05, 0.1) is 6.34 Å². The first-order chi connectivity index (χ1) is 11.7. The molecule has 4 atom stereocenters. The highest BCUT2D eigenvalue weighted by atomic mass is 19.3. The SMILES string of the molecule is C=CNC(C)(CC(CB1OCC[C@H](C)[C@@H](C)O1)C(F)F)N=CN(C)C. The van der Waals surface area contributed by atoms with E-state index in [0.29, 0.717) is 12.5 Å². The van der Waals surface area contributed by atoms with Gasteiger partial charge in [0.2, 0.25) is 6.43 Å². The van der Waals surface area contributed by atoms with Gasteiger partial charge in [0.1, 0.15) is 5.66 Å². The zero-order valence-corrected chi connectivity index (χ0v) is 16.0. The Morgan fingerprint density at radius 2 is 2.12 bits per heavy atom. The lowest BCUT2D eigenvalue weighted by Gasteiger charge is -2.31. The standard InChI is InChI=1S/C17H32BF2N3O2/c1-7-21-17(4,22-12-23(5)6)10-15(16(19)20)11-18-24-9-8-13(2)14(3)25-18/h7,12-16,21H,1,8-11H2,2-6H3/t13-,14+,15?,17?/m0/s1. The molecule has 5 nitrogen and oxygen atoms in total. The minimum Gasteiger partial charge on any atom is -0.411 e. The lowest BCUT2D eigenvalue weighted by molar-refractivity contribution is 0.0589. The summed E-state index contributed by atoms with van der Waals surface area (Å²) in [5.74, 6) is -0.547. The summed E-state index contributed by atoms with van der Waals surface area (Å²) < 4.78 is 38.8. The maximum atomic E-state index is 13.7. The molecule has 0 amide bonds. The van der Waals surface area contributed by atoms with Crippen molar-refractivity contribution in [2.45, 2.75) is 58.1 Å². The van der Waals surface area contributed by atoms with Crippen LogP contribution < -0.4 is 5.32 Å². The number of aliphatic imine (C=N–C) groups is 1. The summed E-state index contributed by atoms with van der Waals surface area (Å²) in [5.41, 5.74) is -0.864. The smallest absolute Gasteiger partial charge is 0.411 e. The number of rotatable bonds is 9. The summed E-state index contributed by atoms with van der Waals surface area (Å²) in [5, 5.41) is 2.99. The number of halogens is 2. The molecule has 144 valence electrons. The Morgan fingerprint density at radius 1 is 1.44 bits per heavy atom. The van der Waals surface area contributed by atoms with Gasteiger partial charge >= 0.3 is 7.12 Å². The number of nitrogens with zero attached hydrogens (tertiary/aromatic N) is 2. The Labute approximate surface area is 151 Å². The molecule has 0 aromatic heterocycles.